The number of piperidine rings is 1. The minimum Gasteiger partial charge on any atom is -0.351 e. The number of nitrogens with one attached hydrogen (secondary N) is 1. The number of hydrogen-bond donors (Lipinski definition) is 1. The minimum atomic E-state index is 0.0328. The maximum atomic E-state index is 12.3. The highest BCUT2D eigenvalue weighted by Crippen LogP contribution is 2.41. The molecule has 0 unspecified atom stereocenters. The van der Waals surface area contributed by atoms with Crippen molar-refractivity contribution in [3.05, 3.63) is 35.4 Å². The van der Waals surface area contributed by atoms with Crippen LogP contribution < -0.4 is 10.2 Å². The monoisotopic (exact) mass is 385 g/mol. The lowest BCUT2D eigenvalue weighted by atomic mass is 10.1. The van der Waals surface area contributed by atoms with Crippen molar-refractivity contribution in [2.24, 2.45) is 0 Å². The Balaban J connectivity index is 1.34. The van der Waals surface area contributed by atoms with Gasteiger partial charge in [0.15, 0.2) is 5.16 Å². The fraction of sp³-hybridized carbons (Fsp3) is 0.550. The summed E-state index contributed by atoms with van der Waals surface area (Å²) in [6, 6.07) is 8.75. The van der Waals surface area contributed by atoms with E-state index in [1.807, 2.05) is 0 Å². The maximum Gasteiger partial charge on any atom is 0.230 e. The van der Waals surface area contributed by atoms with E-state index in [4.69, 9.17) is 0 Å². The summed E-state index contributed by atoms with van der Waals surface area (Å²) in [6.07, 6.45) is 6.12. The normalized spacial score (nSPS) is 17.1. The van der Waals surface area contributed by atoms with Crippen molar-refractivity contribution in [3.8, 4) is 0 Å². The molecule has 1 aliphatic heterocycles. The molecule has 2 heterocycles. The zero-order valence-corrected chi connectivity index (χ0v) is 16.7. The summed E-state index contributed by atoms with van der Waals surface area (Å²) in [6.45, 7) is 4.75. The third-order valence-corrected chi connectivity index (χ3v) is 6.08. The van der Waals surface area contributed by atoms with E-state index >= 15 is 0 Å². The average molecular weight is 386 g/mol. The van der Waals surface area contributed by atoms with Gasteiger partial charge in [-0.15, -0.1) is 10.2 Å². The first-order valence-corrected chi connectivity index (χ1v) is 10.8. The molecule has 0 spiro atoms. The minimum absolute atomic E-state index is 0.0328. The van der Waals surface area contributed by atoms with Crippen LogP contribution in [0, 0.1) is 6.92 Å². The number of carbonyl (C=O) groups excluding carboxylic acids is 1. The number of benzene rings is 1. The Bertz CT molecular complexity index is 778. The first kappa shape index (κ1) is 18.3. The van der Waals surface area contributed by atoms with Crippen molar-refractivity contribution in [1.29, 1.82) is 0 Å². The van der Waals surface area contributed by atoms with Crippen LogP contribution in [0.4, 0.5) is 5.95 Å². The number of rotatable bonds is 7. The van der Waals surface area contributed by atoms with E-state index in [2.05, 4.69) is 56.2 Å². The molecule has 144 valence electrons. The highest BCUT2D eigenvalue weighted by atomic mass is 32.2. The molecule has 2 aromatic rings. The third kappa shape index (κ3) is 4.64. The van der Waals surface area contributed by atoms with Gasteiger partial charge in [0.1, 0.15) is 0 Å². The number of hydrogen-bond acceptors (Lipinski definition) is 5. The SMILES string of the molecule is Cc1ccc(CNC(=O)CSc2nnc(N3CCCCC3)n2C2CC2)cc1. The number of amides is 1. The Kier molecular flexibility index (Phi) is 5.66. The van der Waals surface area contributed by atoms with E-state index in [0.717, 1.165) is 29.8 Å². The molecule has 1 amide bonds. The Morgan fingerprint density at radius 3 is 2.59 bits per heavy atom. The van der Waals surface area contributed by atoms with Gasteiger partial charge in [0, 0.05) is 25.7 Å². The van der Waals surface area contributed by atoms with Crippen molar-refractivity contribution < 1.29 is 4.79 Å². The van der Waals surface area contributed by atoms with Gasteiger partial charge in [0.25, 0.3) is 0 Å². The van der Waals surface area contributed by atoms with Crippen LogP contribution in [0.25, 0.3) is 0 Å². The second-order valence-electron chi connectivity index (χ2n) is 7.48. The van der Waals surface area contributed by atoms with Gasteiger partial charge in [0.05, 0.1) is 5.75 Å². The lowest BCUT2D eigenvalue weighted by Crippen LogP contribution is -2.32. The van der Waals surface area contributed by atoms with Crippen LogP contribution in [0.3, 0.4) is 0 Å². The summed E-state index contributed by atoms with van der Waals surface area (Å²) >= 11 is 1.50. The first-order chi connectivity index (χ1) is 13.2. The lowest BCUT2D eigenvalue weighted by molar-refractivity contribution is -0.118. The molecule has 1 N–H and O–H groups in total. The molecule has 0 radical (unpaired) electrons. The highest BCUT2D eigenvalue weighted by Gasteiger charge is 2.32. The molecule has 7 heteroatoms. The van der Waals surface area contributed by atoms with Crippen LogP contribution in [0.15, 0.2) is 29.4 Å². The molecule has 1 saturated carbocycles. The number of nitrogens with zero attached hydrogens (tertiary/aromatic N) is 4. The van der Waals surface area contributed by atoms with E-state index in [9.17, 15) is 4.79 Å². The van der Waals surface area contributed by atoms with Gasteiger partial charge < -0.3 is 10.2 Å². The van der Waals surface area contributed by atoms with E-state index in [1.54, 1.807) is 0 Å². The van der Waals surface area contributed by atoms with Crippen LogP contribution in [-0.4, -0.2) is 39.5 Å². The van der Waals surface area contributed by atoms with Crippen LogP contribution in [0.2, 0.25) is 0 Å². The number of anilines is 1. The zero-order chi connectivity index (χ0) is 18.6. The van der Waals surface area contributed by atoms with Crippen molar-refractivity contribution in [1.82, 2.24) is 20.1 Å². The molecule has 1 saturated heterocycles. The van der Waals surface area contributed by atoms with Crippen molar-refractivity contribution in [2.45, 2.75) is 56.8 Å². The van der Waals surface area contributed by atoms with Gasteiger partial charge >= 0.3 is 0 Å². The summed E-state index contributed by atoms with van der Waals surface area (Å²) in [5, 5.41) is 12.7. The van der Waals surface area contributed by atoms with E-state index in [0.29, 0.717) is 18.3 Å². The number of aromatic nitrogens is 3. The molecule has 6 nitrogen and oxygen atoms in total. The van der Waals surface area contributed by atoms with E-state index < -0.39 is 0 Å². The average Bonchev–Trinajstić information content (AvgIpc) is 3.45. The van der Waals surface area contributed by atoms with Gasteiger partial charge in [0.2, 0.25) is 11.9 Å². The molecule has 27 heavy (non-hydrogen) atoms. The maximum absolute atomic E-state index is 12.3. The zero-order valence-electron chi connectivity index (χ0n) is 15.9. The number of aryl methyl sites for hydroxylation is 1. The molecule has 1 aliphatic carbocycles. The van der Waals surface area contributed by atoms with Crippen LogP contribution in [-0.2, 0) is 11.3 Å². The number of thioether (sulfide) groups is 1. The molecule has 0 atom stereocenters. The smallest absolute Gasteiger partial charge is 0.230 e. The molecule has 2 fully saturated rings. The van der Waals surface area contributed by atoms with Gasteiger partial charge in [-0.3, -0.25) is 9.36 Å². The largest absolute Gasteiger partial charge is 0.351 e. The Hall–Kier alpha value is -2.02. The van der Waals surface area contributed by atoms with Gasteiger partial charge in [-0.1, -0.05) is 41.6 Å². The fourth-order valence-electron chi connectivity index (χ4n) is 3.42. The van der Waals surface area contributed by atoms with Crippen molar-refractivity contribution in [3.63, 3.8) is 0 Å². The predicted octanol–water partition coefficient (Wildman–Crippen LogP) is 3.32. The Labute approximate surface area is 164 Å². The quantitative estimate of drug-likeness (QED) is 0.741. The molecule has 4 rings (SSSR count). The highest BCUT2D eigenvalue weighted by molar-refractivity contribution is 7.99. The topological polar surface area (TPSA) is 63.1 Å². The Morgan fingerprint density at radius 1 is 1.15 bits per heavy atom. The summed E-state index contributed by atoms with van der Waals surface area (Å²) in [5.74, 6) is 1.40. The van der Waals surface area contributed by atoms with Crippen LogP contribution in [0.5, 0.6) is 0 Å². The lowest BCUT2D eigenvalue weighted by Gasteiger charge is -2.27. The summed E-state index contributed by atoms with van der Waals surface area (Å²) in [7, 11) is 0. The van der Waals surface area contributed by atoms with Crippen molar-refractivity contribution >= 4 is 23.6 Å². The molecule has 1 aromatic carbocycles. The standard InChI is InChI=1S/C20H27N5OS/c1-15-5-7-16(8-6-15)13-21-18(26)14-27-20-23-22-19(25(20)17-9-10-17)24-11-3-2-4-12-24/h5-8,17H,2-4,9-14H2,1H3,(H,21,26). The Morgan fingerprint density at radius 2 is 1.89 bits per heavy atom. The molecule has 1 aromatic heterocycles. The third-order valence-electron chi connectivity index (χ3n) is 5.14. The molecular formula is C20H27N5OS. The molecule has 0 bridgehead atoms. The van der Waals surface area contributed by atoms with Gasteiger partial charge in [-0.05, 0) is 44.6 Å². The fourth-order valence-corrected chi connectivity index (χ4v) is 4.25. The molecular weight excluding hydrogens is 358 g/mol. The second-order valence-corrected chi connectivity index (χ2v) is 8.42. The predicted molar refractivity (Wildman–Crippen MR) is 108 cm³/mol. The van der Waals surface area contributed by atoms with E-state index in [1.165, 1.54) is 49.4 Å². The molecule has 2 aliphatic rings. The van der Waals surface area contributed by atoms with E-state index in [-0.39, 0.29) is 5.91 Å². The first-order valence-electron chi connectivity index (χ1n) is 9.85. The van der Waals surface area contributed by atoms with Crippen molar-refractivity contribution in [2.75, 3.05) is 23.7 Å². The van der Waals surface area contributed by atoms with Gasteiger partial charge in [-0.2, -0.15) is 0 Å². The summed E-state index contributed by atoms with van der Waals surface area (Å²) in [5.41, 5.74) is 2.34. The van der Waals surface area contributed by atoms with Crippen LogP contribution in [0.1, 0.15) is 49.3 Å². The van der Waals surface area contributed by atoms with Crippen LogP contribution >= 0.6 is 11.8 Å². The second kappa shape index (κ2) is 8.33. The van der Waals surface area contributed by atoms with Gasteiger partial charge in [-0.25, -0.2) is 0 Å². The number of carbonyl (C=O) groups is 1. The summed E-state index contributed by atoms with van der Waals surface area (Å²) < 4.78 is 2.27. The summed E-state index contributed by atoms with van der Waals surface area (Å²) in [4.78, 5) is 14.6.